The lowest BCUT2D eigenvalue weighted by Crippen LogP contribution is -2.41. The average Bonchev–Trinajstić information content (AvgIpc) is 3.42. The highest BCUT2D eigenvalue weighted by Crippen LogP contribution is 2.42. The molecule has 174 valence electrons. The number of rotatable bonds is 6. The van der Waals surface area contributed by atoms with Gasteiger partial charge in [-0.25, -0.2) is 14.2 Å². The van der Waals surface area contributed by atoms with Crippen LogP contribution in [0.3, 0.4) is 0 Å². The molecule has 0 bridgehead atoms. The van der Waals surface area contributed by atoms with Crippen molar-refractivity contribution in [2.75, 3.05) is 13.2 Å². The van der Waals surface area contributed by atoms with Crippen molar-refractivity contribution in [3.8, 4) is 0 Å². The molecule has 0 saturated carbocycles. The van der Waals surface area contributed by atoms with Crippen LogP contribution in [-0.2, 0) is 14.3 Å². The van der Waals surface area contributed by atoms with Crippen molar-refractivity contribution in [1.82, 2.24) is 15.2 Å². The fourth-order valence-corrected chi connectivity index (χ4v) is 4.79. The maximum absolute atomic E-state index is 13.7. The maximum atomic E-state index is 13.7. The molecule has 1 aromatic carbocycles. The number of halogens is 4. The molecule has 2 aromatic rings. The van der Waals surface area contributed by atoms with Gasteiger partial charge >= 0.3 is 12.4 Å². The third-order valence-corrected chi connectivity index (χ3v) is 6.28. The molecule has 1 fully saturated rings. The average molecular weight is 499 g/mol. The third-order valence-electron chi connectivity index (χ3n) is 5.18. The number of aliphatic imine (C=N–C) groups is 1. The normalized spacial score (nSPS) is 20.1. The number of alkyl halides is 2. The van der Waals surface area contributed by atoms with E-state index in [1.165, 1.54) is 23.5 Å². The van der Waals surface area contributed by atoms with Crippen LogP contribution in [0.5, 0.6) is 0 Å². The van der Waals surface area contributed by atoms with E-state index in [1.54, 1.807) is 23.4 Å². The smallest absolute Gasteiger partial charge is 0.338 e. The van der Waals surface area contributed by atoms with Crippen molar-refractivity contribution in [2.24, 2.45) is 4.99 Å². The number of esters is 1. The molecule has 33 heavy (non-hydrogen) atoms. The minimum Gasteiger partial charge on any atom is -0.463 e. The van der Waals surface area contributed by atoms with Gasteiger partial charge in [0.15, 0.2) is 10.8 Å². The van der Waals surface area contributed by atoms with Crippen LogP contribution >= 0.6 is 22.9 Å². The molecule has 7 nitrogen and oxygen atoms in total. The summed E-state index contributed by atoms with van der Waals surface area (Å²) in [6.45, 7) is 1.85. The van der Waals surface area contributed by atoms with Crippen LogP contribution in [0, 0.1) is 5.82 Å². The Kier molecular flexibility index (Phi) is 6.71. The van der Waals surface area contributed by atoms with Crippen LogP contribution in [-0.4, -0.2) is 53.2 Å². The minimum absolute atomic E-state index is 0.0682. The number of amidine groups is 1. The molecule has 1 amide bonds. The lowest BCUT2D eigenvalue weighted by molar-refractivity contribution is -0.139. The summed E-state index contributed by atoms with van der Waals surface area (Å²) in [4.78, 5) is 35.3. The van der Waals surface area contributed by atoms with E-state index in [0.29, 0.717) is 22.1 Å². The molecule has 12 heteroatoms. The molecule has 1 aromatic heterocycles. The second-order valence-corrected chi connectivity index (χ2v) is 8.56. The van der Waals surface area contributed by atoms with Gasteiger partial charge in [-0.2, -0.15) is 8.78 Å². The number of carbonyl (C=O) groups is 2. The van der Waals surface area contributed by atoms with Crippen molar-refractivity contribution in [2.45, 2.75) is 31.9 Å². The molecule has 3 heterocycles. The summed E-state index contributed by atoms with van der Waals surface area (Å²) in [5, 5.41) is 4.64. The van der Waals surface area contributed by atoms with Gasteiger partial charge in [-0.3, -0.25) is 9.79 Å². The summed E-state index contributed by atoms with van der Waals surface area (Å²) in [6.07, 6.45) is -1.50. The van der Waals surface area contributed by atoms with Crippen LogP contribution in [0.1, 0.15) is 30.0 Å². The highest BCUT2D eigenvalue weighted by atomic mass is 35.5. The molecule has 2 atom stereocenters. The maximum Gasteiger partial charge on any atom is 0.338 e. The van der Waals surface area contributed by atoms with Gasteiger partial charge in [0.25, 0.3) is 5.91 Å². The van der Waals surface area contributed by atoms with Gasteiger partial charge in [-0.15, -0.1) is 11.3 Å². The quantitative estimate of drug-likeness (QED) is 0.614. The standard InChI is InChI=1S/C21H18ClF3N4O3S/c1-2-32-21(31)15-14-8-11(27-19(30)17(24)25)9-29(14)18(20-26-5-6-33-20)28-16(15)12-4-3-10(23)7-13(12)22/h3-7,11,16-17H,2,8-9H2,1H3,(H,27,30)/t11-,16-/m0/s1. The summed E-state index contributed by atoms with van der Waals surface area (Å²) >= 11 is 7.61. The Bertz CT molecular complexity index is 1140. The van der Waals surface area contributed by atoms with E-state index in [1.807, 2.05) is 0 Å². The minimum atomic E-state index is -3.17. The number of ether oxygens (including phenoxy) is 1. The molecule has 2 aliphatic heterocycles. The SMILES string of the molecule is CCOC(=O)C1=C2C[C@H](NC(=O)C(F)F)CN2C(c2nccs2)=N[C@H]1c1ccc(F)cc1Cl. The number of hydrogen-bond acceptors (Lipinski definition) is 7. The lowest BCUT2D eigenvalue weighted by Gasteiger charge is -2.31. The molecular formula is C21H18ClF3N4O3S. The summed E-state index contributed by atoms with van der Waals surface area (Å²) in [5.41, 5.74) is 0.987. The van der Waals surface area contributed by atoms with Crippen LogP contribution in [0.4, 0.5) is 13.2 Å². The molecule has 2 aliphatic rings. The number of benzene rings is 1. The predicted octanol–water partition coefficient (Wildman–Crippen LogP) is 3.71. The molecule has 0 radical (unpaired) electrons. The predicted molar refractivity (Wildman–Crippen MR) is 116 cm³/mol. The molecule has 4 rings (SSSR count). The molecule has 0 aliphatic carbocycles. The van der Waals surface area contributed by atoms with Crippen LogP contribution in [0.15, 0.2) is 46.0 Å². The Labute approximate surface area is 195 Å². The molecule has 1 saturated heterocycles. The number of carbonyl (C=O) groups excluding carboxylic acids is 2. The summed E-state index contributed by atoms with van der Waals surface area (Å²) in [5.74, 6) is -2.21. The Morgan fingerprint density at radius 1 is 1.39 bits per heavy atom. The fourth-order valence-electron chi connectivity index (χ4n) is 3.87. The summed E-state index contributed by atoms with van der Waals surface area (Å²) < 4.78 is 44.6. The highest BCUT2D eigenvalue weighted by molar-refractivity contribution is 7.11. The fraction of sp³-hybridized carbons (Fsp3) is 0.333. The zero-order valence-electron chi connectivity index (χ0n) is 17.2. The first-order chi connectivity index (χ1) is 15.8. The van der Waals surface area contributed by atoms with Gasteiger partial charge in [-0.05, 0) is 19.1 Å². The largest absolute Gasteiger partial charge is 0.463 e. The monoisotopic (exact) mass is 498 g/mol. The number of nitrogens with one attached hydrogen (secondary N) is 1. The first kappa shape index (κ1) is 23.2. The van der Waals surface area contributed by atoms with Gasteiger partial charge in [0.05, 0.1) is 18.2 Å². The first-order valence-corrected chi connectivity index (χ1v) is 11.2. The van der Waals surface area contributed by atoms with Crippen LogP contribution in [0.25, 0.3) is 0 Å². The Hall–Kier alpha value is -2.92. The summed E-state index contributed by atoms with van der Waals surface area (Å²) in [6, 6.07) is 2.13. The zero-order valence-corrected chi connectivity index (χ0v) is 18.8. The van der Waals surface area contributed by atoms with E-state index < -0.39 is 36.2 Å². The van der Waals surface area contributed by atoms with Gasteiger partial charge in [0.1, 0.15) is 11.9 Å². The molecular weight excluding hydrogens is 481 g/mol. The zero-order chi connectivity index (χ0) is 23.7. The van der Waals surface area contributed by atoms with E-state index in [0.717, 1.165) is 6.07 Å². The lowest BCUT2D eigenvalue weighted by atomic mass is 9.94. The van der Waals surface area contributed by atoms with Crippen LogP contribution in [0.2, 0.25) is 5.02 Å². The van der Waals surface area contributed by atoms with Crippen LogP contribution < -0.4 is 5.32 Å². The number of aromatic nitrogens is 1. The highest BCUT2D eigenvalue weighted by Gasteiger charge is 2.43. The van der Waals surface area contributed by atoms with Gasteiger partial charge in [0.2, 0.25) is 0 Å². The molecule has 0 spiro atoms. The van der Waals surface area contributed by atoms with E-state index in [9.17, 15) is 22.8 Å². The third kappa shape index (κ3) is 4.60. The van der Waals surface area contributed by atoms with Crippen molar-refractivity contribution < 1.29 is 27.5 Å². The van der Waals surface area contributed by atoms with Gasteiger partial charge < -0.3 is 15.0 Å². The van der Waals surface area contributed by atoms with E-state index in [4.69, 9.17) is 21.3 Å². The van der Waals surface area contributed by atoms with E-state index in [2.05, 4.69) is 10.3 Å². The number of amides is 1. The number of thiazole rings is 1. The van der Waals surface area contributed by atoms with E-state index in [-0.39, 0.29) is 30.2 Å². The summed E-state index contributed by atoms with van der Waals surface area (Å²) in [7, 11) is 0. The second kappa shape index (κ2) is 9.52. The van der Waals surface area contributed by atoms with Crippen molar-refractivity contribution in [1.29, 1.82) is 0 Å². The Balaban J connectivity index is 1.85. The number of fused-ring (bicyclic) bond motifs is 1. The molecule has 1 N–H and O–H groups in total. The van der Waals surface area contributed by atoms with Crippen molar-refractivity contribution >= 4 is 40.6 Å². The van der Waals surface area contributed by atoms with Crippen molar-refractivity contribution in [3.63, 3.8) is 0 Å². The Morgan fingerprint density at radius 3 is 2.82 bits per heavy atom. The van der Waals surface area contributed by atoms with Gasteiger partial charge in [-0.1, -0.05) is 17.7 Å². The van der Waals surface area contributed by atoms with Crippen molar-refractivity contribution in [3.05, 3.63) is 62.5 Å². The number of hydrogen-bond donors (Lipinski definition) is 1. The Morgan fingerprint density at radius 2 is 2.18 bits per heavy atom. The van der Waals surface area contributed by atoms with E-state index >= 15 is 0 Å². The molecule has 0 unspecified atom stereocenters. The topological polar surface area (TPSA) is 83.9 Å². The number of nitrogens with zero attached hydrogens (tertiary/aromatic N) is 3. The van der Waals surface area contributed by atoms with Gasteiger partial charge in [0, 0.05) is 40.8 Å². The second-order valence-electron chi connectivity index (χ2n) is 7.26. The first-order valence-electron chi connectivity index (χ1n) is 9.99.